The number of nitrogens with zero attached hydrogens (tertiary/aromatic N) is 2. The predicted molar refractivity (Wildman–Crippen MR) is 66.9 cm³/mol. The van der Waals surface area contributed by atoms with Crippen LogP contribution in [-0.2, 0) is 6.54 Å². The van der Waals surface area contributed by atoms with E-state index < -0.39 is 0 Å². The van der Waals surface area contributed by atoms with Gasteiger partial charge in [-0.25, -0.2) is 4.98 Å². The normalized spacial score (nSPS) is 18.2. The third-order valence-electron chi connectivity index (χ3n) is 2.48. The first-order valence-electron chi connectivity index (χ1n) is 5.19. The van der Waals surface area contributed by atoms with Gasteiger partial charge in [0.2, 0.25) is 0 Å². The first-order valence-corrected chi connectivity index (χ1v) is 6.06. The molecule has 0 aliphatic carbocycles. The Morgan fingerprint density at radius 2 is 2.33 bits per heavy atom. The molecule has 0 radical (unpaired) electrons. The maximum atomic E-state index is 4.49. The molecule has 0 spiro atoms. The summed E-state index contributed by atoms with van der Waals surface area (Å²) in [5, 5.41) is 6.76. The maximum absolute atomic E-state index is 4.49. The fourth-order valence-corrected chi connectivity index (χ4v) is 2.37. The van der Waals surface area contributed by atoms with E-state index in [9.17, 15) is 0 Å². The van der Waals surface area contributed by atoms with E-state index in [-0.39, 0.29) is 12.4 Å². The zero-order chi connectivity index (χ0) is 9.80. The van der Waals surface area contributed by atoms with Crippen LogP contribution in [-0.4, -0.2) is 36.1 Å². The molecule has 86 valence electrons. The van der Waals surface area contributed by atoms with E-state index in [2.05, 4.69) is 27.5 Å². The van der Waals surface area contributed by atoms with Gasteiger partial charge in [-0.2, -0.15) is 0 Å². The van der Waals surface area contributed by atoms with E-state index in [4.69, 9.17) is 0 Å². The largest absolute Gasteiger partial charge is 0.315 e. The van der Waals surface area contributed by atoms with Gasteiger partial charge in [0.15, 0.2) is 0 Å². The molecule has 2 rings (SSSR count). The van der Waals surface area contributed by atoms with E-state index in [1.807, 2.05) is 0 Å². The minimum atomic E-state index is 0. The first-order chi connectivity index (χ1) is 6.84. The third kappa shape index (κ3) is 4.07. The van der Waals surface area contributed by atoms with Gasteiger partial charge in [-0.1, -0.05) is 0 Å². The van der Waals surface area contributed by atoms with Gasteiger partial charge < -0.3 is 5.32 Å². The standard InChI is InChI=1S/C10H17N3S.ClH/c1-9-12-10(8-14-9)7-13-5-2-3-11-4-6-13;/h8,11H,2-7H2,1H3;1H. The summed E-state index contributed by atoms with van der Waals surface area (Å²) in [6.07, 6.45) is 1.25. The van der Waals surface area contributed by atoms with Crippen LogP contribution in [0, 0.1) is 6.92 Å². The smallest absolute Gasteiger partial charge is 0.0897 e. The van der Waals surface area contributed by atoms with Crippen molar-refractivity contribution < 1.29 is 0 Å². The Hall–Kier alpha value is -0.160. The lowest BCUT2D eigenvalue weighted by Gasteiger charge is -2.17. The Kier molecular flexibility index (Phi) is 5.53. The quantitative estimate of drug-likeness (QED) is 0.862. The molecule has 0 atom stereocenters. The molecule has 0 saturated carbocycles. The summed E-state index contributed by atoms with van der Waals surface area (Å²) in [4.78, 5) is 6.97. The van der Waals surface area contributed by atoms with Crippen LogP contribution >= 0.6 is 23.7 Å². The average Bonchev–Trinajstić information content (AvgIpc) is 2.43. The molecule has 1 aromatic rings. The lowest BCUT2D eigenvalue weighted by Crippen LogP contribution is -2.27. The van der Waals surface area contributed by atoms with Crippen molar-refractivity contribution in [2.75, 3.05) is 26.2 Å². The van der Waals surface area contributed by atoms with Gasteiger partial charge in [-0.05, 0) is 26.4 Å². The molecular formula is C10H18ClN3S. The fourth-order valence-electron chi connectivity index (χ4n) is 1.77. The van der Waals surface area contributed by atoms with Crippen LogP contribution in [0.5, 0.6) is 0 Å². The van der Waals surface area contributed by atoms with Gasteiger partial charge in [0.25, 0.3) is 0 Å². The Bertz CT molecular complexity index is 282. The van der Waals surface area contributed by atoms with Crippen molar-refractivity contribution >= 4 is 23.7 Å². The number of rotatable bonds is 2. The minimum Gasteiger partial charge on any atom is -0.315 e. The van der Waals surface area contributed by atoms with Crippen molar-refractivity contribution in [2.24, 2.45) is 0 Å². The summed E-state index contributed by atoms with van der Waals surface area (Å²) >= 11 is 1.74. The van der Waals surface area contributed by atoms with Crippen LogP contribution in [0.3, 0.4) is 0 Å². The molecule has 15 heavy (non-hydrogen) atoms. The molecule has 3 nitrogen and oxygen atoms in total. The number of aromatic nitrogens is 1. The van der Waals surface area contributed by atoms with Crippen molar-refractivity contribution in [1.82, 2.24) is 15.2 Å². The maximum Gasteiger partial charge on any atom is 0.0897 e. The van der Waals surface area contributed by atoms with Gasteiger partial charge >= 0.3 is 0 Å². The number of halogens is 1. The van der Waals surface area contributed by atoms with E-state index in [0.29, 0.717) is 0 Å². The van der Waals surface area contributed by atoms with Crippen molar-refractivity contribution in [1.29, 1.82) is 0 Å². The van der Waals surface area contributed by atoms with E-state index in [1.165, 1.54) is 23.7 Å². The van der Waals surface area contributed by atoms with Crippen LogP contribution < -0.4 is 5.32 Å². The first kappa shape index (κ1) is 12.9. The van der Waals surface area contributed by atoms with Crippen molar-refractivity contribution in [2.45, 2.75) is 19.9 Å². The molecule has 1 aromatic heterocycles. The molecule has 1 aliphatic rings. The highest BCUT2D eigenvalue weighted by Gasteiger charge is 2.10. The molecular weight excluding hydrogens is 230 g/mol. The summed E-state index contributed by atoms with van der Waals surface area (Å²) < 4.78 is 0. The lowest BCUT2D eigenvalue weighted by molar-refractivity contribution is 0.281. The van der Waals surface area contributed by atoms with Crippen molar-refractivity contribution in [3.63, 3.8) is 0 Å². The van der Waals surface area contributed by atoms with Crippen molar-refractivity contribution in [3.8, 4) is 0 Å². The van der Waals surface area contributed by atoms with Gasteiger partial charge in [-0.3, -0.25) is 4.90 Å². The van der Waals surface area contributed by atoms with Gasteiger partial charge in [0.1, 0.15) is 0 Å². The second-order valence-corrected chi connectivity index (χ2v) is 4.80. The zero-order valence-corrected chi connectivity index (χ0v) is 10.7. The SMILES string of the molecule is Cc1nc(CN2CCCNCC2)cs1.Cl. The minimum absolute atomic E-state index is 0. The zero-order valence-electron chi connectivity index (χ0n) is 9.03. The Labute approximate surface area is 101 Å². The van der Waals surface area contributed by atoms with Crippen LogP contribution in [0.2, 0.25) is 0 Å². The van der Waals surface area contributed by atoms with Gasteiger partial charge in [-0.15, -0.1) is 23.7 Å². The molecule has 0 bridgehead atoms. The number of hydrogen-bond acceptors (Lipinski definition) is 4. The summed E-state index contributed by atoms with van der Waals surface area (Å²) in [5.41, 5.74) is 1.23. The summed E-state index contributed by atoms with van der Waals surface area (Å²) in [5.74, 6) is 0. The van der Waals surface area contributed by atoms with Crippen molar-refractivity contribution in [3.05, 3.63) is 16.1 Å². The Balaban J connectivity index is 0.00000112. The molecule has 0 amide bonds. The summed E-state index contributed by atoms with van der Waals surface area (Å²) in [7, 11) is 0. The highest BCUT2D eigenvalue weighted by atomic mass is 35.5. The monoisotopic (exact) mass is 247 g/mol. The Morgan fingerprint density at radius 1 is 1.47 bits per heavy atom. The van der Waals surface area contributed by atoms with E-state index in [0.717, 1.165) is 26.2 Å². The molecule has 1 N–H and O–H groups in total. The molecule has 1 fully saturated rings. The molecule has 2 heterocycles. The highest BCUT2D eigenvalue weighted by molar-refractivity contribution is 7.09. The van der Waals surface area contributed by atoms with Gasteiger partial charge in [0.05, 0.1) is 10.7 Å². The second kappa shape index (κ2) is 6.43. The molecule has 1 aliphatic heterocycles. The fraction of sp³-hybridized carbons (Fsp3) is 0.700. The Morgan fingerprint density at radius 3 is 3.07 bits per heavy atom. The second-order valence-electron chi connectivity index (χ2n) is 3.74. The molecule has 0 aromatic carbocycles. The highest BCUT2D eigenvalue weighted by Crippen LogP contribution is 2.10. The lowest BCUT2D eigenvalue weighted by atomic mass is 10.3. The molecule has 5 heteroatoms. The van der Waals surface area contributed by atoms with Crippen LogP contribution in [0.15, 0.2) is 5.38 Å². The average molecular weight is 248 g/mol. The number of thiazole rings is 1. The van der Waals surface area contributed by atoms with E-state index in [1.54, 1.807) is 11.3 Å². The number of nitrogens with one attached hydrogen (secondary N) is 1. The topological polar surface area (TPSA) is 28.2 Å². The van der Waals surface area contributed by atoms with Crippen LogP contribution in [0.4, 0.5) is 0 Å². The predicted octanol–water partition coefficient (Wildman–Crippen LogP) is 1.67. The van der Waals surface area contributed by atoms with E-state index >= 15 is 0 Å². The summed E-state index contributed by atoms with van der Waals surface area (Å²) in [6.45, 7) is 7.71. The van der Waals surface area contributed by atoms with Crippen LogP contribution in [0.1, 0.15) is 17.1 Å². The van der Waals surface area contributed by atoms with Crippen LogP contribution in [0.25, 0.3) is 0 Å². The summed E-state index contributed by atoms with van der Waals surface area (Å²) in [6, 6.07) is 0. The third-order valence-corrected chi connectivity index (χ3v) is 3.31. The number of hydrogen-bond donors (Lipinski definition) is 1. The number of aryl methyl sites for hydroxylation is 1. The van der Waals surface area contributed by atoms with Gasteiger partial charge in [0, 0.05) is 25.0 Å². The molecule has 0 unspecified atom stereocenters. The molecule has 1 saturated heterocycles.